The Morgan fingerprint density at radius 1 is 0.976 bits per heavy atom. The van der Waals surface area contributed by atoms with Gasteiger partial charge < -0.3 is 27.0 Å². The number of para-hydroxylation sites is 2. The molecule has 6 nitrogen and oxygen atoms in total. The van der Waals surface area contributed by atoms with E-state index in [9.17, 15) is 9.59 Å². The van der Waals surface area contributed by atoms with Gasteiger partial charge in [-0.3, -0.25) is 9.59 Å². The molecule has 1 aliphatic heterocycles. The number of methoxy groups -OCH3 is 1. The summed E-state index contributed by atoms with van der Waals surface area (Å²) in [5.74, 6) is 0.0209. The van der Waals surface area contributed by atoms with Gasteiger partial charge in [-0.2, -0.15) is 0 Å². The van der Waals surface area contributed by atoms with Crippen molar-refractivity contribution >= 4 is 22.9 Å². The SMILES string of the molecule is C=C1C(OC)O[C@@](C)(CCC=C(C)C)[C@H]1[CH2-].O=C1C=CC=C/C1=C/Nc1ccccc1N/C=C1/C=CC=CC1=O.[Co]. The van der Waals surface area contributed by atoms with Crippen molar-refractivity contribution in [2.45, 2.75) is 45.5 Å². The Morgan fingerprint density at radius 3 is 1.88 bits per heavy atom. The summed E-state index contributed by atoms with van der Waals surface area (Å²) >= 11 is 0. The van der Waals surface area contributed by atoms with Crippen LogP contribution in [-0.2, 0) is 35.8 Å². The number of allylic oxidation sites excluding steroid dienone is 12. The zero-order valence-corrected chi connectivity index (χ0v) is 25.2. The summed E-state index contributed by atoms with van der Waals surface area (Å²) in [7, 11) is 1.64. The molecule has 0 bridgehead atoms. The molecule has 3 atom stereocenters. The van der Waals surface area contributed by atoms with Crippen LogP contribution in [0.15, 0.2) is 120 Å². The van der Waals surface area contributed by atoms with Crippen LogP contribution in [0.1, 0.15) is 33.6 Å². The van der Waals surface area contributed by atoms with E-state index in [2.05, 4.69) is 51.0 Å². The Bertz CT molecular complexity index is 1260. The van der Waals surface area contributed by atoms with E-state index in [1.54, 1.807) is 43.8 Å². The smallest absolute Gasteiger partial charge is 0.187 e. The zero-order valence-electron chi connectivity index (χ0n) is 24.1. The van der Waals surface area contributed by atoms with Crippen molar-refractivity contribution in [3.8, 4) is 0 Å². The molecule has 0 amide bonds. The van der Waals surface area contributed by atoms with Gasteiger partial charge in [-0.25, -0.2) is 0 Å². The molecule has 1 aromatic rings. The van der Waals surface area contributed by atoms with Crippen molar-refractivity contribution in [2.24, 2.45) is 5.92 Å². The van der Waals surface area contributed by atoms with E-state index >= 15 is 0 Å². The molecule has 7 heteroatoms. The molecule has 1 saturated heterocycles. The normalized spacial score (nSPS) is 24.7. The van der Waals surface area contributed by atoms with Gasteiger partial charge in [0.05, 0.1) is 11.4 Å². The van der Waals surface area contributed by atoms with Gasteiger partial charge in [-0.15, -0.1) is 5.92 Å². The molecule has 1 fully saturated rings. The molecule has 1 aromatic carbocycles. The van der Waals surface area contributed by atoms with E-state index in [-0.39, 0.29) is 46.2 Å². The van der Waals surface area contributed by atoms with Crippen LogP contribution in [-0.4, -0.2) is 30.6 Å². The average molecular weight is 599 g/mol. The maximum atomic E-state index is 11.7. The van der Waals surface area contributed by atoms with Crippen LogP contribution >= 0.6 is 0 Å². The summed E-state index contributed by atoms with van der Waals surface area (Å²) in [5.41, 5.74) is 4.82. The molecule has 3 aliphatic rings. The molecular weight excluding hydrogens is 559 g/mol. The van der Waals surface area contributed by atoms with Crippen LogP contribution in [0.4, 0.5) is 11.4 Å². The third-order valence-corrected chi connectivity index (χ3v) is 6.80. The van der Waals surface area contributed by atoms with Crippen molar-refractivity contribution in [3.05, 3.63) is 127 Å². The molecular formula is C34H39CoN2O4-. The van der Waals surface area contributed by atoms with Gasteiger partial charge in [-0.05, 0) is 75.6 Å². The second kappa shape index (κ2) is 16.1. The quantitative estimate of drug-likeness (QED) is 0.188. The number of hydrogen-bond acceptors (Lipinski definition) is 6. The van der Waals surface area contributed by atoms with Gasteiger partial charge in [0, 0.05) is 53.0 Å². The van der Waals surface area contributed by atoms with Crippen molar-refractivity contribution in [3.63, 3.8) is 0 Å². The first-order valence-corrected chi connectivity index (χ1v) is 13.3. The number of carbonyl (C=O) groups is 2. The summed E-state index contributed by atoms with van der Waals surface area (Å²) in [6, 6.07) is 7.57. The third kappa shape index (κ3) is 9.54. The van der Waals surface area contributed by atoms with Gasteiger partial charge in [0.1, 0.15) is 0 Å². The fourth-order valence-electron chi connectivity index (χ4n) is 4.28. The van der Waals surface area contributed by atoms with Crippen LogP contribution in [0.3, 0.4) is 0 Å². The molecule has 2 aliphatic carbocycles. The first kappa shape index (κ1) is 33.7. The van der Waals surface area contributed by atoms with Gasteiger partial charge in [0.25, 0.3) is 0 Å². The van der Waals surface area contributed by atoms with Crippen LogP contribution in [0.25, 0.3) is 0 Å². The van der Waals surface area contributed by atoms with Crippen molar-refractivity contribution in [1.82, 2.24) is 0 Å². The van der Waals surface area contributed by atoms with Crippen LogP contribution in [0, 0.1) is 12.8 Å². The fourth-order valence-corrected chi connectivity index (χ4v) is 4.28. The number of ketones is 2. The van der Waals surface area contributed by atoms with Crippen LogP contribution in [0.5, 0.6) is 0 Å². The second-order valence-electron chi connectivity index (χ2n) is 10.1. The summed E-state index contributed by atoms with van der Waals surface area (Å²) in [5, 5.41) is 6.27. The third-order valence-electron chi connectivity index (χ3n) is 6.80. The van der Waals surface area contributed by atoms with Gasteiger partial charge in [0.2, 0.25) is 0 Å². The molecule has 1 unspecified atom stereocenters. The number of hydrogen-bond donors (Lipinski definition) is 2. The first-order valence-electron chi connectivity index (χ1n) is 13.3. The minimum absolute atomic E-state index is 0. The van der Waals surface area contributed by atoms with E-state index in [1.165, 1.54) is 17.7 Å². The summed E-state index contributed by atoms with van der Waals surface area (Å²) in [4.78, 5) is 23.5. The molecule has 0 spiro atoms. The largest absolute Gasteiger partial charge is 0.359 e. The number of carbonyl (C=O) groups excluding carboxylic acids is 2. The molecule has 41 heavy (non-hydrogen) atoms. The number of rotatable bonds is 8. The Labute approximate surface area is 254 Å². The van der Waals surface area contributed by atoms with E-state index < -0.39 is 0 Å². The Morgan fingerprint density at radius 2 is 1.46 bits per heavy atom. The average Bonchev–Trinajstić information content (AvgIpc) is 3.16. The van der Waals surface area contributed by atoms with E-state index in [0.29, 0.717) is 11.1 Å². The minimum atomic E-state index is -0.292. The molecule has 1 heterocycles. The monoisotopic (exact) mass is 598 g/mol. The van der Waals surface area contributed by atoms with Gasteiger partial charge in [0.15, 0.2) is 17.9 Å². The minimum Gasteiger partial charge on any atom is -0.359 e. The predicted octanol–water partition coefficient (Wildman–Crippen LogP) is 7.17. The standard InChI is InChI=1S/C20H16N2O2.C14H23O2.Co/c23-19-11-5-1-7-15(19)13-21-17-9-3-4-10-18(17)22-14-16-8-2-6-12-20(16)24;1-10(2)8-7-9-14(5)12(4)11(3)13(15-6)16-14;/h1-14,21-22H;8,12-13H,3-4,7,9H2,1-2,5-6H3;/q;-1;/b15-13-,16-14-;;/t;12-,13?,14-;/m.0./s1. The molecule has 219 valence electrons. The van der Waals surface area contributed by atoms with Crippen molar-refractivity contribution in [2.75, 3.05) is 17.7 Å². The van der Waals surface area contributed by atoms with E-state index in [0.717, 1.165) is 29.8 Å². The number of anilines is 2. The van der Waals surface area contributed by atoms with Crippen molar-refractivity contribution in [1.29, 1.82) is 0 Å². The topological polar surface area (TPSA) is 76.7 Å². The Hall–Kier alpha value is -3.49. The van der Waals surface area contributed by atoms with Crippen LogP contribution in [0.2, 0.25) is 0 Å². The van der Waals surface area contributed by atoms with Crippen molar-refractivity contribution < 1.29 is 35.8 Å². The fraction of sp³-hybridized carbons (Fsp3) is 0.265. The summed E-state index contributed by atoms with van der Waals surface area (Å²) in [6.07, 6.45) is 20.9. The maximum absolute atomic E-state index is 11.7. The van der Waals surface area contributed by atoms with Gasteiger partial charge in [-0.1, -0.05) is 54.7 Å². The first-order chi connectivity index (χ1) is 19.1. The van der Waals surface area contributed by atoms with Gasteiger partial charge >= 0.3 is 0 Å². The zero-order chi connectivity index (χ0) is 29.1. The molecule has 0 saturated carbocycles. The molecule has 2 N–H and O–H groups in total. The molecule has 4 rings (SSSR count). The number of ether oxygens (including phenoxy) is 2. The number of nitrogens with one attached hydrogen (secondary N) is 2. The maximum Gasteiger partial charge on any atom is 0.187 e. The second-order valence-corrected chi connectivity index (χ2v) is 10.1. The Kier molecular flexibility index (Phi) is 13.2. The Balaban J connectivity index is 0.000000304. The van der Waals surface area contributed by atoms with Crippen LogP contribution < -0.4 is 10.6 Å². The van der Waals surface area contributed by atoms with E-state index in [4.69, 9.17) is 9.47 Å². The summed E-state index contributed by atoms with van der Waals surface area (Å²) in [6.45, 7) is 14.4. The number of benzene rings is 1. The predicted molar refractivity (Wildman–Crippen MR) is 163 cm³/mol. The molecule has 1 radical (unpaired) electrons. The summed E-state index contributed by atoms with van der Waals surface area (Å²) < 4.78 is 11.1. The van der Waals surface area contributed by atoms with E-state index in [1.807, 2.05) is 36.4 Å². The molecule has 0 aromatic heterocycles.